The molecule has 1 aromatic carbocycles. The smallest absolute Gasteiger partial charge is 0.251 e. The molecule has 0 aliphatic rings. The van der Waals surface area contributed by atoms with Crippen LogP contribution >= 0.6 is 11.8 Å². The molecule has 1 rings (SSSR count). The van der Waals surface area contributed by atoms with Gasteiger partial charge in [-0.25, -0.2) is 0 Å². The maximum atomic E-state index is 12.2. The van der Waals surface area contributed by atoms with Gasteiger partial charge >= 0.3 is 0 Å². The molecule has 1 unspecified atom stereocenters. The first-order chi connectivity index (χ1) is 10.1. The lowest BCUT2D eigenvalue weighted by atomic mass is 10.1. The van der Waals surface area contributed by atoms with Crippen LogP contribution in [0.4, 0.5) is 0 Å². The van der Waals surface area contributed by atoms with Gasteiger partial charge in [0.2, 0.25) is 0 Å². The number of benzene rings is 1. The van der Waals surface area contributed by atoms with E-state index in [0.29, 0.717) is 16.9 Å². The second-order valence-corrected chi connectivity index (χ2v) is 5.77. The summed E-state index contributed by atoms with van der Waals surface area (Å²) in [5.41, 5.74) is 6.63. The van der Waals surface area contributed by atoms with Crippen molar-refractivity contribution in [2.75, 3.05) is 25.2 Å². The number of methoxy groups -OCH3 is 1. The van der Waals surface area contributed by atoms with Crippen molar-refractivity contribution in [1.82, 2.24) is 5.32 Å². The van der Waals surface area contributed by atoms with Crippen LogP contribution in [-0.2, 0) is 0 Å². The summed E-state index contributed by atoms with van der Waals surface area (Å²) in [6.45, 7) is 4.37. The fourth-order valence-electron chi connectivity index (χ4n) is 1.74. The minimum absolute atomic E-state index is 0.0994. The van der Waals surface area contributed by atoms with Gasteiger partial charge in [0.1, 0.15) is 5.75 Å². The van der Waals surface area contributed by atoms with Gasteiger partial charge in [-0.05, 0) is 30.9 Å². The van der Waals surface area contributed by atoms with E-state index in [0.717, 1.165) is 11.5 Å². The Balaban J connectivity index is 2.85. The number of hydrogen-bond donors (Lipinski definition) is 2. The topological polar surface area (TPSA) is 64.3 Å². The molecule has 0 bridgehead atoms. The Morgan fingerprint density at radius 2 is 2.29 bits per heavy atom. The summed E-state index contributed by atoms with van der Waals surface area (Å²) in [5, 5.41) is 2.98. The zero-order valence-corrected chi connectivity index (χ0v) is 13.5. The zero-order valence-electron chi connectivity index (χ0n) is 12.7. The highest BCUT2D eigenvalue weighted by molar-refractivity contribution is 7.99. The van der Waals surface area contributed by atoms with Crippen LogP contribution < -0.4 is 15.8 Å². The van der Waals surface area contributed by atoms with Crippen LogP contribution in [0, 0.1) is 11.8 Å². The number of nitrogens with one attached hydrogen (secondary N) is 1. The fourth-order valence-corrected chi connectivity index (χ4v) is 2.41. The summed E-state index contributed by atoms with van der Waals surface area (Å²) in [6, 6.07) is 5.35. The Morgan fingerprint density at radius 3 is 2.90 bits per heavy atom. The van der Waals surface area contributed by atoms with Crippen molar-refractivity contribution in [2.45, 2.75) is 19.9 Å². The molecule has 5 heteroatoms. The number of nitrogens with two attached hydrogens (primary N) is 1. The lowest BCUT2D eigenvalue weighted by Gasteiger charge is -2.13. The number of carbonyl (C=O) groups is 1. The van der Waals surface area contributed by atoms with Crippen LogP contribution in [0.15, 0.2) is 18.2 Å². The maximum absolute atomic E-state index is 12.2. The molecule has 0 aliphatic heterocycles. The summed E-state index contributed by atoms with van der Waals surface area (Å²) >= 11 is 1.80. The monoisotopic (exact) mass is 306 g/mol. The molecule has 0 aliphatic carbocycles. The Morgan fingerprint density at radius 1 is 1.52 bits per heavy atom. The van der Waals surface area contributed by atoms with Crippen molar-refractivity contribution in [3.8, 4) is 17.6 Å². The SMILES string of the molecule is CCSCC(C)NC(=O)c1ccc(OC)c(C#CCN)c1. The molecule has 1 amide bonds. The molecule has 0 aromatic heterocycles. The number of hydrogen-bond acceptors (Lipinski definition) is 4. The first-order valence-corrected chi connectivity index (χ1v) is 8.03. The number of rotatable bonds is 6. The van der Waals surface area contributed by atoms with E-state index >= 15 is 0 Å². The van der Waals surface area contributed by atoms with Gasteiger partial charge in [-0.15, -0.1) is 0 Å². The predicted molar refractivity (Wildman–Crippen MR) is 88.9 cm³/mol. The van der Waals surface area contributed by atoms with Crippen molar-refractivity contribution in [3.05, 3.63) is 29.3 Å². The molecular weight excluding hydrogens is 284 g/mol. The average molecular weight is 306 g/mol. The van der Waals surface area contributed by atoms with E-state index in [-0.39, 0.29) is 18.5 Å². The molecular formula is C16H22N2O2S. The number of ether oxygens (including phenoxy) is 1. The van der Waals surface area contributed by atoms with Crippen LogP contribution in [0.2, 0.25) is 0 Å². The first-order valence-electron chi connectivity index (χ1n) is 6.88. The quantitative estimate of drug-likeness (QED) is 0.788. The Bertz CT molecular complexity index is 535. The highest BCUT2D eigenvalue weighted by Crippen LogP contribution is 2.19. The van der Waals surface area contributed by atoms with E-state index in [2.05, 4.69) is 24.1 Å². The molecule has 4 nitrogen and oxygen atoms in total. The molecule has 1 atom stereocenters. The molecule has 114 valence electrons. The lowest BCUT2D eigenvalue weighted by Crippen LogP contribution is -2.34. The van der Waals surface area contributed by atoms with Crippen molar-refractivity contribution in [1.29, 1.82) is 0 Å². The summed E-state index contributed by atoms with van der Waals surface area (Å²) < 4.78 is 5.23. The van der Waals surface area contributed by atoms with Crippen LogP contribution in [0.25, 0.3) is 0 Å². The molecule has 1 aromatic rings. The van der Waals surface area contributed by atoms with Gasteiger partial charge in [-0.3, -0.25) is 4.79 Å². The predicted octanol–water partition coefficient (Wildman–Crippen LogP) is 1.88. The number of amides is 1. The summed E-state index contributed by atoms with van der Waals surface area (Å²) in [7, 11) is 1.58. The molecule has 21 heavy (non-hydrogen) atoms. The van der Waals surface area contributed by atoms with Crippen LogP contribution in [0.3, 0.4) is 0 Å². The Kier molecular flexibility index (Phi) is 7.73. The van der Waals surface area contributed by atoms with E-state index in [1.165, 1.54) is 0 Å². The molecule has 3 N–H and O–H groups in total. The van der Waals surface area contributed by atoms with Crippen molar-refractivity contribution >= 4 is 17.7 Å². The second kappa shape index (κ2) is 9.32. The standard InChI is InChI=1S/C16H22N2O2S/c1-4-21-11-12(2)18-16(19)14-7-8-15(20-3)13(10-14)6-5-9-17/h7-8,10,12H,4,9,11,17H2,1-3H3,(H,18,19). The van der Waals surface area contributed by atoms with Crippen molar-refractivity contribution in [3.63, 3.8) is 0 Å². The second-order valence-electron chi connectivity index (χ2n) is 4.45. The highest BCUT2D eigenvalue weighted by Gasteiger charge is 2.11. The van der Waals surface area contributed by atoms with E-state index < -0.39 is 0 Å². The molecule has 0 radical (unpaired) electrons. The normalized spacial score (nSPS) is 11.2. The minimum Gasteiger partial charge on any atom is -0.495 e. The molecule has 0 heterocycles. The zero-order chi connectivity index (χ0) is 15.7. The van der Waals surface area contributed by atoms with Gasteiger partial charge in [0.05, 0.1) is 19.2 Å². The van der Waals surface area contributed by atoms with Crippen LogP contribution in [-0.4, -0.2) is 37.1 Å². The number of carbonyl (C=O) groups excluding carboxylic acids is 1. The van der Waals surface area contributed by atoms with Gasteiger partial charge in [0, 0.05) is 17.4 Å². The van der Waals surface area contributed by atoms with E-state index in [1.807, 2.05) is 6.92 Å². The third-order valence-corrected chi connectivity index (χ3v) is 3.88. The van der Waals surface area contributed by atoms with Gasteiger partial charge in [-0.2, -0.15) is 11.8 Å². The fraction of sp³-hybridized carbons (Fsp3) is 0.438. The Hall–Kier alpha value is -1.64. The van der Waals surface area contributed by atoms with Crippen molar-refractivity contribution < 1.29 is 9.53 Å². The largest absolute Gasteiger partial charge is 0.495 e. The van der Waals surface area contributed by atoms with Gasteiger partial charge < -0.3 is 15.8 Å². The third kappa shape index (κ3) is 5.70. The van der Waals surface area contributed by atoms with Gasteiger partial charge in [0.25, 0.3) is 5.91 Å². The summed E-state index contributed by atoms with van der Waals surface area (Å²) in [4.78, 5) is 12.2. The number of thioether (sulfide) groups is 1. The average Bonchev–Trinajstić information content (AvgIpc) is 2.50. The molecule has 0 fully saturated rings. The van der Waals surface area contributed by atoms with Gasteiger partial charge in [0.15, 0.2) is 0 Å². The molecule has 0 spiro atoms. The van der Waals surface area contributed by atoms with E-state index in [9.17, 15) is 4.79 Å². The van der Waals surface area contributed by atoms with E-state index in [4.69, 9.17) is 10.5 Å². The molecule has 0 saturated carbocycles. The summed E-state index contributed by atoms with van der Waals surface area (Å²) in [6.07, 6.45) is 0. The van der Waals surface area contributed by atoms with Crippen LogP contribution in [0.5, 0.6) is 5.75 Å². The third-order valence-electron chi connectivity index (χ3n) is 2.74. The van der Waals surface area contributed by atoms with Gasteiger partial charge in [-0.1, -0.05) is 18.8 Å². The minimum atomic E-state index is -0.0994. The highest BCUT2D eigenvalue weighted by atomic mass is 32.2. The lowest BCUT2D eigenvalue weighted by molar-refractivity contribution is 0.0943. The van der Waals surface area contributed by atoms with Crippen LogP contribution in [0.1, 0.15) is 29.8 Å². The maximum Gasteiger partial charge on any atom is 0.251 e. The van der Waals surface area contributed by atoms with E-state index in [1.54, 1.807) is 37.1 Å². The molecule has 0 saturated heterocycles. The van der Waals surface area contributed by atoms with Crippen molar-refractivity contribution in [2.24, 2.45) is 5.73 Å². The Labute approximate surface area is 130 Å². The summed E-state index contributed by atoms with van der Waals surface area (Å²) in [5.74, 6) is 8.19. The first kappa shape index (κ1) is 17.4.